The number of rotatable bonds is 3. The van der Waals surface area contributed by atoms with E-state index in [2.05, 4.69) is 34.5 Å². The predicted molar refractivity (Wildman–Crippen MR) is 70.5 cm³/mol. The number of carbonyl (C=O) groups is 1. The normalized spacial score (nSPS) is 21.2. The number of hydrogen-bond donors (Lipinski definition) is 2. The summed E-state index contributed by atoms with van der Waals surface area (Å²) in [6.45, 7) is 2.97. The largest absolute Gasteiger partial charge is 0.465 e. The van der Waals surface area contributed by atoms with Crippen LogP contribution in [0.4, 0.5) is 4.79 Å². The molecule has 2 rings (SSSR count). The minimum atomic E-state index is -0.906. The van der Waals surface area contributed by atoms with Gasteiger partial charge in [0.2, 0.25) is 0 Å². The Morgan fingerprint density at radius 1 is 1.28 bits per heavy atom. The molecule has 0 aliphatic carbocycles. The summed E-state index contributed by atoms with van der Waals surface area (Å²) in [7, 11) is 0. The lowest BCUT2D eigenvalue weighted by Gasteiger charge is -2.20. The quantitative estimate of drug-likeness (QED) is 0.863. The maximum atomic E-state index is 10.6. The second-order valence-electron chi connectivity index (χ2n) is 4.84. The zero-order valence-corrected chi connectivity index (χ0v) is 10.5. The maximum Gasteiger partial charge on any atom is 0.404 e. The van der Waals surface area contributed by atoms with Gasteiger partial charge in [0.1, 0.15) is 0 Å². The van der Waals surface area contributed by atoms with Gasteiger partial charge in [-0.1, -0.05) is 30.3 Å². The molecular weight excluding hydrogens is 228 g/mol. The van der Waals surface area contributed by atoms with E-state index in [1.165, 1.54) is 5.56 Å². The van der Waals surface area contributed by atoms with Crippen molar-refractivity contribution in [2.45, 2.75) is 31.8 Å². The van der Waals surface area contributed by atoms with Gasteiger partial charge in [-0.2, -0.15) is 0 Å². The molecule has 4 heteroatoms. The molecule has 0 radical (unpaired) electrons. The molecule has 18 heavy (non-hydrogen) atoms. The van der Waals surface area contributed by atoms with Gasteiger partial charge in [-0.15, -0.1) is 0 Å². The topological polar surface area (TPSA) is 52.6 Å². The Bertz CT molecular complexity index is 381. The molecule has 1 aromatic carbocycles. The Kier molecular flexibility index (Phi) is 4.59. The van der Waals surface area contributed by atoms with E-state index in [4.69, 9.17) is 5.11 Å². The Morgan fingerprint density at radius 3 is 2.78 bits per heavy atom. The third kappa shape index (κ3) is 4.04. The molecule has 1 aromatic rings. The second-order valence-corrected chi connectivity index (χ2v) is 4.84. The van der Waals surface area contributed by atoms with Gasteiger partial charge in [-0.25, -0.2) is 4.79 Å². The van der Waals surface area contributed by atoms with Crippen LogP contribution in [-0.2, 0) is 6.54 Å². The molecule has 0 bridgehead atoms. The molecule has 1 unspecified atom stereocenters. The number of amides is 1. The van der Waals surface area contributed by atoms with Gasteiger partial charge in [0.25, 0.3) is 0 Å². The zero-order valence-electron chi connectivity index (χ0n) is 10.5. The summed E-state index contributed by atoms with van der Waals surface area (Å²) in [5.74, 6) is 0. The lowest BCUT2D eigenvalue weighted by Crippen LogP contribution is -2.34. The first kappa shape index (κ1) is 12.9. The first-order chi connectivity index (χ1) is 8.74. The van der Waals surface area contributed by atoms with E-state index in [0.717, 1.165) is 38.9 Å². The van der Waals surface area contributed by atoms with Crippen LogP contribution in [0.25, 0.3) is 0 Å². The van der Waals surface area contributed by atoms with Crippen molar-refractivity contribution in [2.24, 2.45) is 0 Å². The van der Waals surface area contributed by atoms with Crippen LogP contribution in [0.5, 0.6) is 0 Å². The minimum Gasteiger partial charge on any atom is -0.465 e. The van der Waals surface area contributed by atoms with E-state index in [1.807, 2.05) is 6.07 Å². The average Bonchev–Trinajstić information content (AvgIpc) is 2.56. The van der Waals surface area contributed by atoms with Crippen molar-refractivity contribution in [1.82, 2.24) is 10.2 Å². The smallest absolute Gasteiger partial charge is 0.404 e. The highest BCUT2D eigenvalue weighted by molar-refractivity contribution is 5.64. The SMILES string of the molecule is O=C(O)NC1CCCN(Cc2ccccc2)CC1. The van der Waals surface area contributed by atoms with Crippen LogP contribution in [0.1, 0.15) is 24.8 Å². The summed E-state index contributed by atoms with van der Waals surface area (Å²) in [5, 5.41) is 11.3. The van der Waals surface area contributed by atoms with E-state index in [-0.39, 0.29) is 6.04 Å². The highest BCUT2D eigenvalue weighted by Crippen LogP contribution is 2.13. The van der Waals surface area contributed by atoms with Gasteiger partial charge in [0, 0.05) is 19.1 Å². The number of benzene rings is 1. The van der Waals surface area contributed by atoms with Crippen LogP contribution >= 0.6 is 0 Å². The van der Waals surface area contributed by atoms with Crippen LogP contribution < -0.4 is 5.32 Å². The van der Waals surface area contributed by atoms with Gasteiger partial charge in [-0.3, -0.25) is 4.90 Å². The van der Waals surface area contributed by atoms with E-state index in [1.54, 1.807) is 0 Å². The fourth-order valence-electron chi connectivity index (χ4n) is 2.47. The second kappa shape index (κ2) is 6.40. The summed E-state index contributed by atoms with van der Waals surface area (Å²) < 4.78 is 0. The average molecular weight is 248 g/mol. The molecule has 2 N–H and O–H groups in total. The van der Waals surface area contributed by atoms with Crippen LogP contribution in [0.3, 0.4) is 0 Å². The van der Waals surface area contributed by atoms with Crippen molar-refractivity contribution >= 4 is 6.09 Å². The molecule has 0 aromatic heterocycles. The first-order valence-corrected chi connectivity index (χ1v) is 6.50. The van der Waals surface area contributed by atoms with Crippen LogP contribution in [0.2, 0.25) is 0 Å². The summed E-state index contributed by atoms with van der Waals surface area (Å²) in [6, 6.07) is 10.5. The van der Waals surface area contributed by atoms with Gasteiger partial charge < -0.3 is 10.4 Å². The monoisotopic (exact) mass is 248 g/mol. The molecule has 1 aliphatic rings. The molecule has 0 saturated carbocycles. The molecule has 1 amide bonds. The molecule has 98 valence electrons. The highest BCUT2D eigenvalue weighted by atomic mass is 16.4. The molecular formula is C14H20N2O2. The standard InChI is InChI=1S/C14H20N2O2/c17-14(18)15-13-7-4-9-16(10-8-13)11-12-5-2-1-3-6-12/h1-3,5-6,13,15H,4,7-11H2,(H,17,18). The van der Waals surface area contributed by atoms with E-state index < -0.39 is 6.09 Å². The highest BCUT2D eigenvalue weighted by Gasteiger charge is 2.18. The van der Waals surface area contributed by atoms with Crippen molar-refractivity contribution < 1.29 is 9.90 Å². The minimum absolute atomic E-state index is 0.114. The molecule has 1 saturated heterocycles. The van der Waals surface area contributed by atoms with E-state index in [9.17, 15) is 4.79 Å². The van der Waals surface area contributed by atoms with Crippen molar-refractivity contribution in [2.75, 3.05) is 13.1 Å². The lowest BCUT2D eigenvalue weighted by atomic mass is 10.1. The van der Waals surface area contributed by atoms with E-state index >= 15 is 0 Å². The number of nitrogens with zero attached hydrogens (tertiary/aromatic N) is 1. The summed E-state index contributed by atoms with van der Waals surface area (Å²) in [4.78, 5) is 13.0. The van der Waals surface area contributed by atoms with Gasteiger partial charge >= 0.3 is 6.09 Å². The van der Waals surface area contributed by atoms with Crippen molar-refractivity contribution in [3.63, 3.8) is 0 Å². The first-order valence-electron chi connectivity index (χ1n) is 6.50. The van der Waals surface area contributed by atoms with Gasteiger partial charge in [0.05, 0.1) is 0 Å². The number of carboxylic acid groups (broad SMARTS) is 1. The van der Waals surface area contributed by atoms with Crippen molar-refractivity contribution in [1.29, 1.82) is 0 Å². The molecule has 1 fully saturated rings. The number of nitrogens with one attached hydrogen (secondary N) is 1. The van der Waals surface area contributed by atoms with Crippen molar-refractivity contribution in [3.05, 3.63) is 35.9 Å². The predicted octanol–water partition coefficient (Wildman–Crippen LogP) is 2.31. The van der Waals surface area contributed by atoms with Gasteiger partial charge in [-0.05, 0) is 31.4 Å². The summed E-state index contributed by atoms with van der Waals surface area (Å²) in [5.41, 5.74) is 1.32. The third-order valence-electron chi connectivity index (χ3n) is 3.40. The Labute approximate surface area is 108 Å². The summed E-state index contributed by atoms with van der Waals surface area (Å²) >= 11 is 0. The molecule has 1 heterocycles. The zero-order chi connectivity index (χ0) is 12.8. The number of hydrogen-bond acceptors (Lipinski definition) is 2. The van der Waals surface area contributed by atoms with Crippen molar-refractivity contribution in [3.8, 4) is 0 Å². The third-order valence-corrected chi connectivity index (χ3v) is 3.40. The maximum absolute atomic E-state index is 10.6. The molecule has 0 spiro atoms. The molecule has 1 aliphatic heterocycles. The Hall–Kier alpha value is -1.55. The lowest BCUT2D eigenvalue weighted by molar-refractivity contribution is 0.188. The fourth-order valence-corrected chi connectivity index (χ4v) is 2.47. The van der Waals surface area contributed by atoms with Crippen LogP contribution in [-0.4, -0.2) is 35.2 Å². The summed E-state index contributed by atoms with van der Waals surface area (Å²) in [6.07, 6.45) is 1.99. The van der Waals surface area contributed by atoms with Gasteiger partial charge in [0.15, 0.2) is 0 Å². The molecule has 4 nitrogen and oxygen atoms in total. The van der Waals surface area contributed by atoms with Crippen LogP contribution in [0.15, 0.2) is 30.3 Å². The van der Waals surface area contributed by atoms with Crippen LogP contribution in [0, 0.1) is 0 Å². The van der Waals surface area contributed by atoms with E-state index in [0.29, 0.717) is 0 Å². The Morgan fingerprint density at radius 2 is 2.06 bits per heavy atom. The Balaban J connectivity index is 1.84. The number of likely N-dealkylation sites (tertiary alicyclic amines) is 1. The molecule has 1 atom stereocenters. The fraction of sp³-hybridized carbons (Fsp3) is 0.500.